The van der Waals surface area contributed by atoms with E-state index in [1.165, 1.54) is 0 Å². The summed E-state index contributed by atoms with van der Waals surface area (Å²) in [4.78, 5) is 18.0. The Bertz CT molecular complexity index is 397. The zero-order chi connectivity index (χ0) is 11.5. The minimum atomic E-state index is -0.00208. The van der Waals surface area contributed by atoms with Crippen LogP contribution in [0.4, 0.5) is 5.69 Å². The summed E-state index contributed by atoms with van der Waals surface area (Å²) >= 11 is 1.90. The molecule has 2 heterocycles. The number of nitrogen functional groups attached to an aromatic ring is 1. The molecule has 1 atom stereocenters. The normalized spacial score (nSPS) is 20.8. The second-order valence-electron chi connectivity index (χ2n) is 3.90. The number of carbonyl (C=O) groups is 1. The van der Waals surface area contributed by atoms with Gasteiger partial charge in [0.05, 0.1) is 5.56 Å². The number of anilines is 1. The molecule has 0 spiro atoms. The van der Waals surface area contributed by atoms with Gasteiger partial charge in [0, 0.05) is 42.2 Å². The highest BCUT2D eigenvalue weighted by Crippen LogP contribution is 2.20. The zero-order valence-electron chi connectivity index (χ0n) is 9.22. The summed E-state index contributed by atoms with van der Waals surface area (Å²) in [5, 5.41) is 0.496. The maximum atomic E-state index is 12.2. The minimum absolute atomic E-state index is 0.00208. The molecule has 1 aromatic heterocycles. The highest BCUT2D eigenvalue weighted by Gasteiger charge is 2.23. The van der Waals surface area contributed by atoms with Gasteiger partial charge in [0.15, 0.2) is 0 Å². The molecule has 1 unspecified atom stereocenters. The van der Waals surface area contributed by atoms with Gasteiger partial charge in [-0.25, -0.2) is 0 Å². The van der Waals surface area contributed by atoms with Crippen molar-refractivity contribution >= 4 is 23.4 Å². The van der Waals surface area contributed by atoms with Gasteiger partial charge in [0.1, 0.15) is 0 Å². The third kappa shape index (κ3) is 2.29. The van der Waals surface area contributed by atoms with Crippen LogP contribution in [-0.2, 0) is 0 Å². The molecular weight excluding hydrogens is 222 g/mol. The lowest BCUT2D eigenvalue weighted by molar-refractivity contribution is 0.0764. The van der Waals surface area contributed by atoms with E-state index in [0.717, 1.165) is 18.8 Å². The maximum Gasteiger partial charge on any atom is 0.257 e. The highest BCUT2D eigenvalue weighted by molar-refractivity contribution is 7.99. The van der Waals surface area contributed by atoms with Gasteiger partial charge in [-0.1, -0.05) is 6.92 Å². The van der Waals surface area contributed by atoms with Crippen molar-refractivity contribution in [2.24, 2.45) is 0 Å². The summed E-state index contributed by atoms with van der Waals surface area (Å²) in [6, 6.07) is 1.66. The van der Waals surface area contributed by atoms with Gasteiger partial charge in [-0.15, -0.1) is 0 Å². The Hall–Kier alpha value is -1.23. The molecule has 0 aliphatic carbocycles. The number of hydrogen-bond acceptors (Lipinski definition) is 4. The van der Waals surface area contributed by atoms with Gasteiger partial charge in [0.25, 0.3) is 5.91 Å². The standard InChI is InChI=1S/C11H15N3OS/c1-8-7-14(4-5-16-8)11(15)9-6-13-3-2-10(9)12/h2-3,6,8H,4-5,7H2,1H3,(H2,12,13). The number of nitrogens with two attached hydrogens (primary N) is 1. The molecular formula is C11H15N3OS. The number of aromatic nitrogens is 1. The van der Waals surface area contributed by atoms with Crippen LogP contribution in [0.5, 0.6) is 0 Å². The molecule has 0 aromatic carbocycles. The molecule has 5 heteroatoms. The number of amides is 1. The van der Waals surface area contributed by atoms with Gasteiger partial charge in [-0.05, 0) is 6.07 Å². The van der Waals surface area contributed by atoms with E-state index in [4.69, 9.17) is 5.73 Å². The van der Waals surface area contributed by atoms with Crippen LogP contribution in [0, 0.1) is 0 Å². The van der Waals surface area contributed by atoms with E-state index in [9.17, 15) is 4.79 Å². The molecule has 2 rings (SSSR count). The highest BCUT2D eigenvalue weighted by atomic mass is 32.2. The fourth-order valence-corrected chi connectivity index (χ4v) is 2.77. The van der Waals surface area contributed by atoms with Crippen LogP contribution in [0.15, 0.2) is 18.5 Å². The van der Waals surface area contributed by atoms with Crippen molar-refractivity contribution in [2.75, 3.05) is 24.6 Å². The first-order chi connectivity index (χ1) is 7.68. The first-order valence-corrected chi connectivity index (χ1v) is 6.33. The van der Waals surface area contributed by atoms with E-state index in [2.05, 4.69) is 11.9 Å². The molecule has 1 fully saturated rings. The smallest absolute Gasteiger partial charge is 0.257 e. The van der Waals surface area contributed by atoms with E-state index in [0.29, 0.717) is 16.5 Å². The fraction of sp³-hybridized carbons (Fsp3) is 0.455. The Balaban J connectivity index is 2.16. The van der Waals surface area contributed by atoms with Crippen LogP contribution < -0.4 is 5.73 Å². The van der Waals surface area contributed by atoms with Crippen LogP contribution in [0.25, 0.3) is 0 Å². The summed E-state index contributed by atoms with van der Waals surface area (Å²) in [6.45, 7) is 3.72. The molecule has 1 aliphatic rings. The van der Waals surface area contributed by atoms with E-state index in [1.54, 1.807) is 18.5 Å². The largest absolute Gasteiger partial charge is 0.398 e. The zero-order valence-corrected chi connectivity index (χ0v) is 10.0. The predicted octanol–water partition coefficient (Wildman–Crippen LogP) is 1.24. The number of pyridine rings is 1. The van der Waals surface area contributed by atoms with Crippen molar-refractivity contribution in [3.8, 4) is 0 Å². The summed E-state index contributed by atoms with van der Waals surface area (Å²) in [5.41, 5.74) is 6.79. The Morgan fingerprint density at radius 3 is 3.19 bits per heavy atom. The Morgan fingerprint density at radius 1 is 1.69 bits per heavy atom. The van der Waals surface area contributed by atoms with Crippen LogP contribution in [-0.4, -0.2) is 39.9 Å². The lowest BCUT2D eigenvalue weighted by Gasteiger charge is -2.30. The van der Waals surface area contributed by atoms with Crippen molar-refractivity contribution in [1.29, 1.82) is 0 Å². The summed E-state index contributed by atoms with van der Waals surface area (Å²) < 4.78 is 0. The number of rotatable bonds is 1. The second-order valence-corrected chi connectivity index (χ2v) is 5.44. The monoisotopic (exact) mass is 237 g/mol. The van der Waals surface area contributed by atoms with Crippen LogP contribution in [0.3, 0.4) is 0 Å². The number of hydrogen-bond donors (Lipinski definition) is 1. The molecule has 1 aromatic rings. The van der Waals surface area contributed by atoms with E-state index in [1.807, 2.05) is 16.7 Å². The summed E-state index contributed by atoms with van der Waals surface area (Å²) in [5.74, 6) is 0.991. The average molecular weight is 237 g/mol. The van der Waals surface area contributed by atoms with Crippen LogP contribution in [0.2, 0.25) is 0 Å². The van der Waals surface area contributed by atoms with E-state index < -0.39 is 0 Å². The molecule has 2 N–H and O–H groups in total. The first kappa shape index (κ1) is 11.3. The van der Waals surface area contributed by atoms with Crippen molar-refractivity contribution in [1.82, 2.24) is 9.88 Å². The molecule has 4 nitrogen and oxygen atoms in total. The van der Waals surface area contributed by atoms with Gasteiger partial charge < -0.3 is 10.6 Å². The van der Waals surface area contributed by atoms with Crippen molar-refractivity contribution in [3.63, 3.8) is 0 Å². The van der Waals surface area contributed by atoms with Gasteiger partial charge >= 0.3 is 0 Å². The Labute approximate surface area is 99.2 Å². The molecule has 0 bridgehead atoms. The minimum Gasteiger partial charge on any atom is -0.398 e. The van der Waals surface area contributed by atoms with Gasteiger partial charge in [0.2, 0.25) is 0 Å². The predicted molar refractivity (Wildman–Crippen MR) is 66.5 cm³/mol. The van der Waals surface area contributed by atoms with Crippen molar-refractivity contribution in [2.45, 2.75) is 12.2 Å². The first-order valence-electron chi connectivity index (χ1n) is 5.29. The quantitative estimate of drug-likeness (QED) is 0.798. The fourth-order valence-electron chi connectivity index (χ4n) is 1.76. The van der Waals surface area contributed by atoms with Crippen molar-refractivity contribution < 1.29 is 4.79 Å². The molecule has 0 saturated carbocycles. The van der Waals surface area contributed by atoms with Crippen LogP contribution in [0.1, 0.15) is 17.3 Å². The number of thioether (sulfide) groups is 1. The average Bonchev–Trinajstić information content (AvgIpc) is 2.29. The maximum absolute atomic E-state index is 12.2. The third-order valence-corrected chi connectivity index (χ3v) is 3.75. The van der Waals surface area contributed by atoms with E-state index in [-0.39, 0.29) is 5.91 Å². The molecule has 0 radical (unpaired) electrons. The second kappa shape index (κ2) is 4.74. The lowest BCUT2D eigenvalue weighted by Crippen LogP contribution is -2.41. The molecule has 16 heavy (non-hydrogen) atoms. The van der Waals surface area contributed by atoms with Crippen LogP contribution >= 0.6 is 11.8 Å². The summed E-state index contributed by atoms with van der Waals surface area (Å²) in [6.07, 6.45) is 3.14. The lowest BCUT2D eigenvalue weighted by atomic mass is 10.2. The van der Waals surface area contributed by atoms with Crippen molar-refractivity contribution in [3.05, 3.63) is 24.0 Å². The Kier molecular flexibility index (Phi) is 3.33. The Morgan fingerprint density at radius 2 is 2.50 bits per heavy atom. The molecule has 86 valence electrons. The van der Waals surface area contributed by atoms with Gasteiger partial charge in [-0.2, -0.15) is 11.8 Å². The number of nitrogens with zero attached hydrogens (tertiary/aromatic N) is 2. The molecule has 1 aliphatic heterocycles. The molecule has 1 amide bonds. The number of carbonyl (C=O) groups excluding carboxylic acids is 1. The SMILES string of the molecule is CC1CN(C(=O)c2cnccc2N)CCS1. The third-order valence-electron chi connectivity index (χ3n) is 2.61. The summed E-state index contributed by atoms with van der Waals surface area (Å²) in [7, 11) is 0. The topological polar surface area (TPSA) is 59.2 Å². The van der Waals surface area contributed by atoms with Gasteiger partial charge in [-0.3, -0.25) is 9.78 Å². The molecule has 1 saturated heterocycles. The van der Waals surface area contributed by atoms with E-state index >= 15 is 0 Å².